The molecule has 0 spiro atoms. The van der Waals surface area contributed by atoms with Gasteiger partial charge in [0.05, 0.1) is 26.1 Å². The number of carbonyl (C=O) groups excluding carboxylic acids is 3. The number of nitrogens with zero attached hydrogens (tertiary/aromatic N) is 3. The van der Waals surface area contributed by atoms with Crippen LogP contribution in [0.5, 0.6) is 0 Å². The Balaban J connectivity index is 1.76. The fraction of sp³-hybridized carbons (Fsp3) is 0.625. The van der Waals surface area contributed by atoms with Crippen molar-refractivity contribution in [1.29, 1.82) is 0 Å². The van der Waals surface area contributed by atoms with Gasteiger partial charge in [-0.25, -0.2) is 9.78 Å². The summed E-state index contributed by atoms with van der Waals surface area (Å²) in [5.74, 6) is -1.12. The van der Waals surface area contributed by atoms with Crippen molar-refractivity contribution < 1.29 is 23.9 Å². The Labute approximate surface area is 145 Å². The molecule has 9 nitrogen and oxygen atoms in total. The number of morpholine rings is 1. The van der Waals surface area contributed by atoms with Gasteiger partial charge in [0.2, 0.25) is 5.91 Å². The first-order valence-corrected chi connectivity index (χ1v) is 8.51. The average Bonchev–Trinajstić information content (AvgIpc) is 3.31. The number of rotatable bonds is 4. The summed E-state index contributed by atoms with van der Waals surface area (Å²) in [6.07, 6.45) is 2.64. The van der Waals surface area contributed by atoms with Crippen LogP contribution in [0.2, 0.25) is 0 Å². The van der Waals surface area contributed by atoms with E-state index in [1.165, 1.54) is 11.2 Å². The van der Waals surface area contributed by atoms with E-state index in [0.29, 0.717) is 39.3 Å². The SMILES string of the molecule is CCOC(=O)c1[nH]cnc1C(=O)N1CCC[C@H]1C(=O)N1CCOCC1. The van der Waals surface area contributed by atoms with E-state index in [9.17, 15) is 14.4 Å². The van der Waals surface area contributed by atoms with Gasteiger partial charge >= 0.3 is 5.97 Å². The lowest BCUT2D eigenvalue weighted by atomic mass is 10.1. The number of H-pyrrole nitrogens is 1. The van der Waals surface area contributed by atoms with E-state index >= 15 is 0 Å². The first-order valence-electron chi connectivity index (χ1n) is 8.51. The molecule has 2 amide bonds. The minimum atomic E-state index is -0.626. The zero-order valence-corrected chi connectivity index (χ0v) is 14.2. The van der Waals surface area contributed by atoms with Crippen molar-refractivity contribution in [2.45, 2.75) is 25.8 Å². The highest BCUT2D eigenvalue weighted by molar-refractivity contribution is 6.04. The summed E-state index contributed by atoms with van der Waals surface area (Å²) in [5, 5.41) is 0. The summed E-state index contributed by atoms with van der Waals surface area (Å²) in [5.41, 5.74) is 0.0245. The van der Waals surface area contributed by atoms with Crippen molar-refractivity contribution in [3.8, 4) is 0 Å². The van der Waals surface area contributed by atoms with Crippen molar-refractivity contribution in [1.82, 2.24) is 19.8 Å². The quantitative estimate of drug-likeness (QED) is 0.770. The van der Waals surface area contributed by atoms with Gasteiger partial charge in [0, 0.05) is 19.6 Å². The third kappa shape index (κ3) is 3.51. The molecule has 2 aliphatic heterocycles. The molecule has 9 heteroatoms. The highest BCUT2D eigenvalue weighted by Gasteiger charge is 2.39. The third-order valence-electron chi connectivity index (χ3n) is 4.44. The summed E-state index contributed by atoms with van der Waals surface area (Å²) in [7, 11) is 0. The van der Waals surface area contributed by atoms with Gasteiger partial charge in [-0.1, -0.05) is 0 Å². The van der Waals surface area contributed by atoms with Crippen LogP contribution in [0.4, 0.5) is 0 Å². The van der Waals surface area contributed by atoms with Crippen molar-refractivity contribution in [2.75, 3.05) is 39.5 Å². The molecular weight excluding hydrogens is 328 g/mol. The second kappa shape index (κ2) is 7.64. The molecule has 1 aromatic heterocycles. The van der Waals surface area contributed by atoms with Crippen LogP contribution in [-0.4, -0.2) is 83.0 Å². The normalized spacial score (nSPS) is 20.6. The number of ether oxygens (including phenoxy) is 2. The molecule has 25 heavy (non-hydrogen) atoms. The first kappa shape index (κ1) is 17.4. The maximum atomic E-state index is 12.9. The van der Waals surface area contributed by atoms with Gasteiger partial charge in [-0.05, 0) is 19.8 Å². The summed E-state index contributed by atoms with van der Waals surface area (Å²) in [6, 6.07) is -0.516. The van der Waals surface area contributed by atoms with Crippen LogP contribution in [0.1, 0.15) is 40.7 Å². The van der Waals surface area contributed by atoms with E-state index in [1.54, 1.807) is 11.8 Å². The van der Waals surface area contributed by atoms with Crippen LogP contribution in [0.25, 0.3) is 0 Å². The molecule has 1 N–H and O–H groups in total. The molecule has 0 aromatic carbocycles. The number of esters is 1. The van der Waals surface area contributed by atoms with Crippen LogP contribution < -0.4 is 0 Å². The summed E-state index contributed by atoms with van der Waals surface area (Å²) in [6.45, 7) is 4.45. The number of hydrogen-bond acceptors (Lipinski definition) is 6. The van der Waals surface area contributed by atoms with Crippen molar-refractivity contribution in [2.24, 2.45) is 0 Å². The molecule has 1 aromatic rings. The number of likely N-dealkylation sites (tertiary alicyclic amines) is 1. The molecule has 2 fully saturated rings. The predicted molar refractivity (Wildman–Crippen MR) is 86.0 cm³/mol. The molecule has 2 saturated heterocycles. The molecule has 2 aliphatic rings. The molecule has 0 aliphatic carbocycles. The number of hydrogen-bond donors (Lipinski definition) is 1. The van der Waals surface area contributed by atoms with Gasteiger partial charge in [-0.3, -0.25) is 9.59 Å². The first-order chi connectivity index (χ1) is 12.1. The molecular formula is C16H22N4O5. The largest absolute Gasteiger partial charge is 0.461 e. The second-order valence-electron chi connectivity index (χ2n) is 5.94. The predicted octanol–water partition coefficient (Wildman–Crippen LogP) is 0.0498. The highest BCUT2D eigenvalue weighted by atomic mass is 16.5. The second-order valence-corrected chi connectivity index (χ2v) is 5.94. The van der Waals surface area contributed by atoms with Crippen molar-refractivity contribution >= 4 is 17.8 Å². The van der Waals surface area contributed by atoms with Gasteiger partial charge in [0.25, 0.3) is 5.91 Å². The van der Waals surface area contributed by atoms with Crippen LogP contribution in [0.15, 0.2) is 6.33 Å². The standard InChI is InChI=1S/C16H22N4O5/c1-2-25-16(23)13-12(17-10-18-13)15(22)20-5-3-4-11(20)14(21)19-6-8-24-9-7-19/h10-11H,2-9H2,1H3,(H,17,18)/t11-/m0/s1. The summed E-state index contributed by atoms with van der Waals surface area (Å²) >= 11 is 0. The molecule has 0 radical (unpaired) electrons. The number of aromatic nitrogens is 2. The van der Waals surface area contributed by atoms with Gasteiger partial charge in [-0.15, -0.1) is 0 Å². The van der Waals surface area contributed by atoms with Crippen LogP contribution in [0, 0.1) is 0 Å². The zero-order valence-electron chi connectivity index (χ0n) is 14.2. The van der Waals surface area contributed by atoms with Crippen molar-refractivity contribution in [3.63, 3.8) is 0 Å². The van der Waals surface area contributed by atoms with E-state index in [0.717, 1.165) is 6.42 Å². The number of aromatic amines is 1. The Morgan fingerprint density at radius 3 is 2.80 bits per heavy atom. The van der Waals surface area contributed by atoms with E-state index < -0.39 is 17.9 Å². The lowest BCUT2D eigenvalue weighted by Crippen LogP contribution is -2.51. The van der Waals surface area contributed by atoms with E-state index in [1.807, 2.05) is 0 Å². The van der Waals surface area contributed by atoms with Gasteiger partial charge in [0.1, 0.15) is 6.04 Å². The Hall–Kier alpha value is -2.42. The Bertz CT molecular complexity index is 653. The molecule has 3 rings (SSSR count). The highest BCUT2D eigenvalue weighted by Crippen LogP contribution is 2.23. The molecule has 136 valence electrons. The lowest BCUT2D eigenvalue weighted by molar-refractivity contribution is -0.139. The number of nitrogens with one attached hydrogen (secondary N) is 1. The molecule has 1 atom stereocenters. The molecule has 0 saturated carbocycles. The fourth-order valence-electron chi connectivity index (χ4n) is 3.21. The number of carbonyl (C=O) groups is 3. The van der Waals surface area contributed by atoms with Gasteiger partial charge < -0.3 is 24.3 Å². The Morgan fingerprint density at radius 1 is 1.32 bits per heavy atom. The fourth-order valence-corrected chi connectivity index (χ4v) is 3.21. The summed E-state index contributed by atoms with van der Waals surface area (Å²) < 4.78 is 10.2. The Morgan fingerprint density at radius 2 is 2.08 bits per heavy atom. The van der Waals surface area contributed by atoms with Crippen molar-refractivity contribution in [3.05, 3.63) is 17.7 Å². The minimum Gasteiger partial charge on any atom is -0.461 e. The lowest BCUT2D eigenvalue weighted by Gasteiger charge is -2.32. The maximum absolute atomic E-state index is 12.9. The van der Waals surface area contributed by atoms with Gasteiger partial charge in [0.15, 0.2) is 11.4 Å². The molecule has 3 heterocycles. The van der Waals surface area contributed by atoms with Crippen LogP contribution >= 0.6 is 0 Å². The van der Waals surface area contributed by atoms with Crippen LogP contribution in [0.3, 0.4) is 0 Å². The topological polar surface area (TPSA) is 105 Å². The van der Waals surface area contributed by atoms with E-state index in [2.05, 4.69) is 9.97 Å². The Kier molecular flexibility index (Phi) is 5.32. The number of amides is 2. The van der Waals surface area contributed by atoms with Gasteiger partial charge in [-0.2, -0.15) is 0 Å². The minimum absolute atomic E-state index is 0.000118. The number of imidazole rings is 1. The zero-order chi connectivity index (χ0) is 17.8. The third-order valence-corrected chi connectivity index (χ3v) is 4.44. The molecule has 0 unspecified atom stereocenters. The van der Waals surface area contributed by atoms with E-state index in [-0.39, 0.29) is 23.9 Å². The average molecular weight is 350 g/mol. The summed E-state index contributed by atoms with van der Waals surface area (Å²) in [4.78, 5) is 47.5. The maximum Gasteiger partial charge on any atom is 0.357 e. The molecule has 0 bridgehead atoms. The monoisotopic (exact) mass is 350 g/mol. The van der Waals surface area contributed by atoms with Crippen LogP contribution in [-0.2, 0) is 14.3 Å². The smallest absolute Gasteiger partial charge is 0.357 e. The van der Waals surface area contributed by atoms with E-state index in [4.69, 9.17) is 9.47 Å².